The van der Waals surface area contributed by atoms with Gasteiger partial charge in [0.2, 0.25) is 0 Å². The van der Waals surface area contributed by atoms with Crippen LogP contribution in [0.2, 0.25) is 0 Å². The molecule has 0 aromatic carbocycles. The first-order chi connectivity index (χ1) is 48.7. The van der Waals surface area contributed by atoms with Crippen molar-refractivity contribution in [2.24, 2.45) is 0 Å². The molecule has 0 radical (unpaired) electrons. The number of unbranched alkanes of at least 4 members (excludes halogenated alkanes) is 20. The van der Waals surface area contributed by atoms with Crippen molar-refractivity contribution in [3.63, 3.8) is 0 Å². The van der Waals surface area contributed by atoms with E-state index in [9.17, 15) is 43.2 Å². The van der Waals surface area contributed by atoms with E-state index >= 15 is 0 Å². The lowest BCUT2D eigenvalue weighted by molar-refractivity contribution is -0.161. The van der Waals surface area contributed by atoms with Crippen LogP contribution in [0, 0.1) is 0 Å². The average molecular weight is 1440 g/mol. The minimum Gasteiger partial charge on any atom is -0.462 e. The summed E-state index contributed by atoms with van der Waals surface area (Å²) in [7, 11) is -9.98. The van der Waals surface area contributed by atoms with Crippen molar-refractivity contribution >= 4 is 39.5 Å². The maximum absolute atomic E-state index is 13.1. The maximum atomic E-state index is 13.1. The summed E-state index contributed by atoms with van der Waals surface area (Å²) in [4.78, 5) is 72.8. The molecule has 0 amide bonds. The van der Waals surface area contributed by atoms with Crippen molar-refractivity contribution in [1.82, 2.24) is 0 Å². The Morgan fingerprint density at radius 1 is 0.290 bits per heavy atom. The van der Waals surface area contributed by atoms with Gasteiger partial charge in [-0.25, -0.2) is 9.13 Å². The van der Waals surface area contributed by atoms with Gasteiger partial charge in [-0.2, -0.15) is 0 Å². The summed E-state index contributed by atoms with van der Waals surface area (Å²) in [5, 5.41) is 10.6. The third kappa shape index (κ3) is 71.3. The molecule has 19 heteroatoms. The van der Waals surface area contributed by atoms with Crippen LogP contribution in [0.25, 0.3) is 0 Å². The fourth-order valence-electron chi connectivity index (χ4n) is 9.55. The molecular weight excluding hydrogens is 1310 g/mol. The number of allylic oxidation sites excluding steroid dienone is 24. The van der Waals surface area contributed by atoms with E-state index in [2.05, 4.69) is 161 Å². The number of ether oxygens (including phenoxy) is 4. The van der Waals surface area contributed by atoms with Gasteiger partial charge < -0.3 is 33.8 Å². The Morgan fingerprint density at radius 3 is 0.890 bits per heavy atom. The van der Waals surface area contributed by atoms with Crippen LogP contribution in [0.3, 0.4) is 0 Å². The van der Waals surface area contributed by atoms with Crippen molar-refractivity contribution in [2.75, 3.05) is 39.6 Å². The van der Waals surface area contributed by atoms with Gasteiger partial charge in [-0.15, -0.1) is 0 Å². The lowest BCUT2D eigenvalue weighted by Gasteiger charge is -2.21. The van der Waals surface area contributed by atoms with Crippen LogP contribution in [-0.2, 0) is 65.4 Å². The van der Waals surface area contributed by atoms with Crippen LogP contribution in [-0.4, -0.2) is 96.7 Å². The number of phosphoric acid groups is 2. The molecule has 17 nitrogen and oxygen atoms in total. The second-order valence-corrected chi connectivity index (χ2v) is 27.7. The Morgan fingerprint density at radius 2 is 0.550 bits per heavy atom. The van der Waals surface area contributed by atoms with E-state index < -0.39 is 97.5 Å². The van der Waals surface area contributed by atoms with Crippen molar-refractivity contribution < 1.29 is 80.2 Å². The molecule has 0 bridgehead atoms. The Hall–Kier alpha value is -5.06. The quantitative estimate of drug-likeness (QED) is 0.0169. The first-order valence-electron chi connectivity index (χ1n) is 38.1. The number of esters is 4. The molecule has 0 rings (SSSR count). The third-order valence-corrected chi connectivity index (χ3v) is 17.2. The number of phosphoric ester groups is 2. The van der Waals surface area contributed by atoms with Gasteiger partial charge in [-0.3, -0.25) is 37.3 Å². The minimum absolute atomic E-state index is 0.00440. The Bertz CT molecular complexity index is 2470. The van der Waals surface area contributed by atoms with E-state index in [0.717, 1.165) is 161 Å². The molecule has 0 saturated carbocycles. The van der Waals surface area contributed by atoms with Crippen LogP contribution >= 0.6 is 15.6 Å². The van der Waals surface area contributed by atoms with E-state index in [4.69, 9.17) is 37.0 Å². The molecule has 0 aliphatic rings. The zero-order chi connectivity index (χ0) is 73.2. The number of aliphatic hydroxyl groups is 1. The van der Waals surface area contributed by atoms with Gasteiger partial charge >= 0.3 is 39.5 Å². The predicted octanol–water partition coefficient (Wildman–Crippen LogP) is 21.9. The Labute approximate surface area is 605 Å². The smallest absolute Gasteiger partial charge is 0.462 e. The molecule has 0 aliphatic heterocycles. The number of rotatable bonds is 70. The first-order valence-corrected chi connectivity index (χ1v) is 41.1. The Kier molecular flexibility index (Phi) is 68.6. The van der Waals surface area contributed by atoms with E-state index in [1.807, 2.05) is 12.2 Å². The lowest BCUT2D eigenvalue weighted by Crippen LogP contribution is -2.30. The highest BCUT2D eigenvalue weighted by Gasteiger charge is 2.30. The van der Waals surface area contributed by atoms with Crippen LogP contribution in [0.5, 0.6) is 0 Å². The zero-order valence-electron chi connectivity index (χ0n) is 62.1. The van der Waals surface area contributed by atoms with E-state index in [0.29, 0.717) is 32.1 Å². The molecule has 0 saturated heterocycles. The number of hydrogen-bond donors (Lipinski definition) is 3. The summed E-state index contributed by atoms with van der Waals surface area (Å²) in [6, 6.07) is 0. The molecule has 5 atom stereocenters. The van der Waals surface area contributed by atoms with Crippen LogP contribution in [0.15, 0.2) is 146 Å². The fourth-order valence-corrected chi connectivity index (χ4v) is 11.1. The van der Waals surface area contributed by atoms with Crippen LogP contribution in [0.1, 0.15) is 285 Å². The molecule has 0 spiro atoms. The summed E-state index contributed by atoms with van der Waals surface area (Å²) in [6.07, 6.45) is 81.4. The van der Waals surface area contributed by atoms with Crippen LogP contribution in [0.4, 0.5) is 0 Å². The monoisotopic (exact) mass is 1440 g/mol. The van der Waals surface area contributed by atoms with Gasteiger partial charge in [0.1, 0.15) is 19.3 Å². The molecule has 0 fully saturated rings. The van der Waals surface area contributed by atoms with E-state index in [1.165, 1.54) is 38.5 Å². The van der Waals surface area contributed by atoms with Gasteiger partial charge in [0.15, 0.2) is 12.2 Å². The second kappa shape index (κ2) is 72.3. The molecule has 0 aliphatic carbocycles. The molecule has 3 N–H and O–H groups in total. The molecule has 0 heterocycles. The molecule has 5 unspecified atom stereocenters. The third-order valence-electron chi connectivity index (χ3n) is 15.3. The van der Waals surface area contributed by atoms with Crippen molar-refractivity contribution in [3.05, 3.63) is 146 Å². The standard InChI is InChI=1S/C81H134O17P2/c1-5-9-13-17-21-25-29-32-34-36-37-39-40-43-47-50-54-58-62-66-79(84)92-72-77(98-81(86)68-64-60-56-52-48-44-41-38-35-33-30-26-22-18-14-10-6-2)74-96-100(89,90)94-70-75(82)69-93-99(87,88)95-73-76(97-80(85)67-63-59-55-51-45-28-24-20-16-12-8-4)71-91-78(83)65-61-57-53-49-46-42-31-27-23-19-15-11-7-3/h9-10,13-15,19,21-22,25-27,31-35,37,39,41,43-44,47,52,56,75-77,82H,5-8,11-12,16-18,20,23-24,28-30,36,38,40,42,45-46,48-51,53-55,57-74H2,1-4H3,(H,87,88)(H,89,90)/b13-9-,14-10-,19-15-,25-21-,26-22-,31-27-,34-32-,35-33-,39-37-,44-41-,47-43-,56-52-. The minimum atomic E-state index is -5.00. The summed E-state index contributed by atoms with van der Waals surface area (Å²) >= 11 is 0. The Balaban J connectivity index is 5.44. The number of hydrogen-bond acceptors (Lipinski definition) is 15. The average Bonchev–Trinajstić information content (AvgIpc) is 0.930. The SMILES string of the molecule is CC/C=C\C/C=C\C/C=C\C/C=C\C/C=C\CCCCCC(=O)OCC(COP(=O)(O)OCC(O)COP(=O)(O)OCC(COC(=O)CCCCCCC/C=C\C/C=C\CCC)OC(=O)CCCCCCCCCCCCC)OC(=O)CCC/C=C\C/C=C\C/C=C\C/C=C\C/C=C\CC. The zero-order valence-corrected chi connectivity index (χ0v) is 63.9. The van der Waals surface area contributed by atoms with Gasteiger partial charge in [-0.1, -0.05) is 270 Å². The lowest BCUT2D eigenvalue weighted by atomic mass is 10.1. The molecular formula is C81H134O17P2. The van der Waals surface area contributed by atoms with Crippen molar-refractivity contribution in [1.29, 1.82) is 0 Å². The largest absolute Gasteiger partial charge is 0.472 e. The second-order valence-electron chi connectivity index (χ2n) is 24.8. The molecule has 0 aromatic rings. The van der Waals surface area contributed by atoms with Crippen molar-refractivity contribution in [3.8, 4) is 0 Å². The first kappa shape index (κ1) is 94.9. The van der Waals surface area contributed by atoms with Crippen LogP contribution < -0.4 is 0 Å². The van der Waals surface area contributed by atoms with Gasteiger partial charge in [-0.05, 0) is 135 Å². The van der Waals surface area contributed by atoms with E-state index in [-0.39, 0.29) is 25.7 Å². The number of carbonyl (C=O) groups is 4. The van der Waals surface area contributed by atoms with Gasteiger partial charge in [0.25, 0.3) is 0 Å². The number of aliphatic hydroxyl groups excluding tert-OH is 1. The highest BCUT2D eigenvalue weighted by atomic mass is 31.2. The van der Waals surface area contributed by atoms with E-state index in [1.54, 1.807) is 0 Å². The predicted molar refractivity (Wildman–Crippen MR) is 408 cm³/mol. The molecule has 570 valence electrons. The van der Waals surface area contributed by atoms with Gasteiger partial charge in [0, 0.05) is 25.7 Å². The summed E-state index contributed by atoms with van der Waals surface area (Å²) in [6.45, 7) is 4.44. The molecule has 0 aromatic heterocycles. The topological polar surface area (TPSA) is 237 Å². The highest BCUT2D eigenvalue weighted by Crippen LogP contribution is 2.45. The van der Waals surface area contributed by atoms with Crippen molar-refractivity contribution in [2.45, 2.75) is 303 Å². The fraction of sp³-hybridized carbons (Fsp3) is 0.654. The summed E-state index contributed by atoms with van der Waals surface area (Å²) in [5.41, 5.74) is 0. The normalized spacial score (nSPS) is 14.8. The van der Waals surface area contributed by atoms with Gasteiger partial charge in [0.05, 0.1) is 26.4 Å². The highest BCUT2D eigenvalue weighted by molar-refractivity contribution is 7.47. The summed E-state index contributed by atoms with van der Waals surface area (Å²) < 4.78 is 68.3. The molecule has 100 heavy (non-hydrogen) atoms. The maximum Gasteiger partial charge on any atom is 0.472 e. The summed E-state index contributed by atoms with van der Waals surface area (Å²) in [5.74, 6) is -2.30. The number of carbonyl (C=O) groups excluding carboxylic acids is 4.